The molecule has 13 aromatic rings. The number of para-hydroxylation sites is 2. The average molecular weight is 778 g/mol. The molecule has 0 saturated carbocycles. The second-order valence-electron chi connectivity index (χ2n) is 15.9. The zero-order valence-corrected chi connectivity index (χ0v) is 33.4. The lowest BCUT2D eigenvalue weighted by Crippen LogP contribution is -1.99. The summed E-state index contributed by atoms with van der Waals surface area (Å²) >= 11 is 1.90. The van der Waals surface area contributed by atoms with Gasteiger partial charge in [-0.05, 0) is 90.0 Å². The van der Waals surface area contributed by atoms with Gasteiger partial charge in [-0.3, -0.25) is 0 Å². The van der Waals surface area contributed by atoms with Crippen molar-refractivity contribution in [2.45, 2.75) is 0 Å². The van der Waals surface area contributed by atoms with Gasteiger partial charge in [0.2, 0.25) is 0 Å². The van der Waals surface area contributed by atoms with Crippen molar-refractivity contribution in [2.75, 3.05) is 0 Å². The molecule has 0 aliphatic carbocycles. The van der Waals surface area contributed by atoms with Crippen LogP contribution in [0.5, 0.6) is 0 Å². The SMILES string of the molecule is c1ccc(-c2c3ccccc3c(-c3cccc4sc5cc(-c6c7ccccc7c(-n7c8ccccc8c8ccccc87)c7ccccc67)ccc5c34)c3ccccc23)cc1. The summed E-state index contributed by atoms with van der Waals surface area (Å²) < 4.78 is 5.09. The van der Waals surface area contributed by atoms with Gasteiger partial charge in [-0.1, -0.05) is 188 Å². The molecule has 0 radical (unpaired) electrons. The fraction of sp³-hybridized carbons (Fsp3) is 0. The predicted molar refractivity (Wildman–Crippen MR) is 260 cm³/mol. The van der Waals surface area contributed by atoms with Crippen LogP contribution in [-0.4, -0.2) is 4.57 Å². The Morgan fingerprint density at radius 2 is 0.733 bits per heavy atom. The minimum absolute atomic E-state index is 1.22. The maximum Gasteiger partial charge on any atom is 0.0619 e. The van der Waals surface area contributed by atoms with Gasteiger partial charge >= 0.3 is 0 Å². The number of hydrogen-bond acceptors (Lipinski definition) is 1. The molecule has 0 bridgehead atoms. The summed E-state index contributed by atoms with van der Waals surface area (Å²) in [7, 11) is 0. The second kappa shape index (κ2) is 13.0. The molecule has 0 saturated heterocycles. The molecule has 13 rings (SSSR count). The average Bonchev–Trinajstić information content (AvgIpc) is 3.86. The van der Waals surface area contributed by atoms with E-state index in [0.29, 0.717) is 0 Å². The molecule has 2 heterocycles. The minimum Gasteiger partial charge on any atom is -0.308 e. The Morgan fingerprint density at radius 3 is 1.30 bits per heavy atom. The van der Waals surface area contributed by atoms with Crippen LogP contribution in [0.4, 0.5) is 0 Å². The highest BCUT2D eigenvalue weighted by Gasteiger charge is 2.23. The Labute approximate surface area is 350 Å². The first kappa shape index (κ1) is 33.5. The van der Waals surface area contributed by atoms with Crippen LogP contribution in [0.1, 0.15) is 0 Å². The zero-order valence-electron chi connectivity index (χ0n) is 32.6. The molecule has 2 aromatic heterocycles. The lowest BCUT2D eigenvalue weighted by atomic mass is 9.85. The van der Waals surface area contributed by atoms with Crippen LogP contribution in [0.3, 0.4) is 0 Å². The van der Waals surface area contributed by atoms with Crippen LogP contribution < -0.4 is 0 Å². The Bertz CT molecular complexity index is 3720. The molecule has 0 fully saturated rings. The van der Waals surface area contributed by atoms with Gasteiger partial charge in [0.25, 0.3) is 0 Å². The van der Waals surface area contributed by atoms with E-state index in [1.54, 1.807) is 0 Å². The summed E-state index contributed by atoms with van der Waals surface area (Å²) in [6, 6.07) is 78.6. The minimum atomic E-state index is 1.22. The predicted octanol–water partition coefficient (Wildman–Crippen LogP) is 16.8. The molecule has 0 spiro atoms. The highest BCUT2D eigenvalue weighted by atomic mass is 32.1. The van der Waals surface area contributed by atoms with Crippen molar-refractivity contribution in [3.63, 3.8) is 0 Å². The van der Waals surface area contributed by atoms with Crippen molar-refractivity contribution < 1.29 is 0 Å². The fourth-order valence-corrected chi connectivity index (χ4v) is 11.5. The largest absolute Gasteiger partial charge is 0.308 e. The first-order valence-electron chi connectivity index (χ1n) is 20.7. The first-order valence-corrected chi connectivity index (χ1v) is 21.5. The zero-order chi connectivity index (χ0) is 39.3. The van der Waals surface area contributed by atoms with Gasteiger partial charge < -0.3 is 4.57 Å². The van der Waals surface area contributed by atoms with Gasteiger partial charge in [0.05, 0.1) is 16.7 Å². The monoisotopic (exact) mass is 777 g/mol. The van der Waals surface area contributed by atoms with E-state index in [1.807, 2.05) is 11.3 Å². The van der Waals surface area contributed by atoms with E-state index in [0.717, 1.165) is 0 Å². The summed E-state index contributed by atoms with van der Waals surface area (Å²) in [5.41, 5.74) is 11.3. The molecule has 2 heteroatoms. The van der Waals surface area contributed by atoms with Crippen LogP contribution in [0.15, 0.2) is 212 Å². The smallest absolute Gasteiger partial charge is 0.0619 e. The molecule has 11 aromatic carbocycles. The van der Waals surface area contributed by atoms with E-state index in [2.05, 4.69) is 217 Å². The molecule has 0 amide bonds. The molecule has 0 unspecified atom stereocenters. The third-order valence-corrected chi connectivity index (χ3v) is 13.9. The third-order valence-electron chi connectivity index (χ3n) is 12.8. The number of benzene rings is 11. The van der Waals surface area contributed by atoms with Crippen molar-refractivity contribution in [3.8, 4) is 39.1 Å². The van der Waals surface area contributed by atoms with E-state index >= 15 is 0 Å². The molecule has 0 aliphatic heterocycles. The summed E-state index contributed by atoms with van der Waals surface area (Å²) in [6.07, 6.45) is 0. The molecule has 1 nitrogen and oxygen atoms in total. The van der Waals surface area contributed by atoms with Crippen molar-refractivity contribution in [1.29, 1.82) is 0 Å². The maximum absolute atomic E-state index is 2.50. The normalized spacial score (nSPS) is 12.0. The van der Waals surface area contributed by atoms with Gasteiger partial charge in [0, 0.05) is 41.7 Å². The first-order chi connectivity index (χ1) is 29.8. The highest BCUT2D eigenvalue weighted by molar-refractivity contribution is 7.26. The topological polar surface area (TPSA) is 4.93 Å². The number of aromatic nitrogens is 1. The van der Waals surface area contributed by atoms with Crippen LogP contribution in [0.25, 0.3) is 124 Å². The number of fused-ring (bicyclic) bond motifs is 10. The Hall–Kier alpha value is -7.52. The Kier molecular flexibility index (Phi) is 7.24. The Balaban J connectivity index is 1.07. The lowest BCUT2D eigenvalue weighted by Gasteiger charge is -2.19. The summed E-state index contributed by atoms with van der Waals surface area (Å²) in [5, 5.41) is 15.3. The molecule has 0 atom stereocenters. The lowest BCUT2D eigenvalue weighted by molar-refractivity contribution is 1.21. The van der Waals surface area contributed by atoms with E-state index in [1.165, 1.54) is 124 Å². The van der Waals surface area contributed by atoms with Crippen LogP contribution in [-0.2, 0) is 0 Å². The molecule has 60 heavy (non-hydrogen) atoms. The molecule has 0 aliphatic rings. The summed E-state index contributed by atoms with van der Waals surface area (Å²) in [6.45, 7) is 0. The number of nitrogens with zero attached hydrogens (tertiary/aromatic N) is 1. The summed E-state index contributed by atoms with van der Waals surface area (Å²) in [4.78, 5) is 0. The van der Waals surface area contributed by atoms with Gasteiger partial charge in [-0.2, -0.15) is 0 Å². The Morgan fingerprint density at radius 1 is 0.283 bits per heavy atom. The van der Waals surface area contributed by atoms with E-state index in [9.17, 15) is 0 Å². The van der Waals surface area contributed by atoms with E-state index < -0.39 is 0 Å². The summed E-state index contributed by atoms with van der Waals surface area (Å²) in [5.74, 6) is 0. The van der Waals surface area contributed by atoms with Crippen LogP contribution in [0, 0.1) is 0 Å². The molecule has 278 valence electrons. The quantitative estimate of drug-likeness (QED) is 0.157. The molecule has 0 N–H and O–H groups in total. The van der Waals surface area contributed by atoms with E-state index in [-0.39, 0.29) is 0 Å². The molecular formula is C58H35NS. The van der Waals surface area contributed by atoms with Gasteiger partial charge in [-0.25, -0.2) is 0 Å². The number of rotatable bonds is 4. The maximum atomic E-state index is 2.50. The van der Waals surface area contributed by atoms with Gasteiger partial charge in [0.15, 0.2) is 0 Å². The van der Waals surface area contributed by atoms with Crippen molar-refractivity contribution in [2.24, 2.45) is 0 Å². The van der Waals surface area contributed by atoms with Crippen molar-refractivity contribution >= 4 is 96.4 Å². The van der Waals surface area contributed by atoms with Crippen molar-refractivity contribution in [3.05, 3.63) is 212 Å². The van der Waals surface area contributed by atoms with Crippen LogP contribution >= 0.6 is 11.3 Å². The standard InChI is InChI=1S/C58H35NS/c1-2-17-36(18-3-1)54-40-21-4-6-23-42(40)56(43-24-7-5-22-41(43)54)49-29-16-32-52-57(49)48-34-33-37(35-53(48)60-52)55-44-25-8-10-27-46(44)58(47-28-11-9-26-45(47)55)59-50-30-14-12-19-38(50)39-20-13-15-31-51(39)59/h1-35H. The third kappa shape index (κ3) is 4.74. The van der Waals surface area contributed by atoms with Crippen molar-refractivity contribution in [1.82, 2.24) is 4.57 Å². The second-order valence-corrected chi connectivity index (χ2v) is 17.0. The number of thiophene rings is 1. The van der Waals surface area contributed by atoms with Crippen LogP contribution in [0.2, 0.25) is 0 Å². The van der Waals surface area contributed by atoms with E-state index in [4.69, 9.17) is 0 Å². The highest BCUT2D eigenvalue weighted by Crippen LogP contribution is 2.50. The number of hydrogen-bond donors (Lipinski definition) is 0. The van der Waals surface area contributed by atoms with Gasteiger partial charge in [-0.15, -0.1) is 11.3 Å². The fourth-order valence-electron chi connectivity index (χ4n) is 10.3. The molecular weight excluding hydrogens is 743 g/mol. The van der Waals surface area contributed by atoms with Gasteiger partial charge in [0.1, 0.15) is 0 Å².